The first-order valence-corrected chi connectivity index (χ1v) is 23.2. The number of hydrogen-bond donors (Lipinski definition) is 0. The Morgan fingerprint density at radius 1 is 0.318 bits per heavy atom. The zero-order valence-corrected chi connectivity index (χ0v) is 35.8. The fourth-order valence-corrected chi connectivity index (χ4v) is 13.0. The van der Waals surface area contributed by atoms with E-state index in [4.69, 9.17) is 0 Å². The van der Waals surface area contributed by atoms with Crippen molar-refractivity contribution in [1.82, 2.24) is 9.13 Å². The Kier molecular flexibility index (Phi) is 6.57. The number of rotatable bonds is 4. The van der Waals surface area contributed by atoms with Crippen LogP contribution in [0.3, 0.4) is 0 Å². The lowest BCUT2D eigenvalue weighted by Gasteiger charge is -2.42. The molecular formula is C64H38N2. The highest BCUT2D eigenvalue weighted by molar-refractivity contribution is 6.13. The van der Waals surface area contributed by atoms with Crippen LogP contribution in [-0.2, 0) is 5.41 Å². The predicted octanol–water partition coefficient (Wildman–Crippen LogP) is 16.0. The second-order valence-electron chi connectivity index (χ2n) is 18.7. The second kappa shape index (κ2) is 12.4. The number of hydrogen-bond acceptors (Lipinski definition) is 0. The molecule has 4 aliphatic rings. The Balaban J connectivity index is 0.941. The molecule has 2 nitrogen and oxygen atoms in total. The fraction of sp³-hybridized carbons (Fsp3) is 0.0312. The number of nitrogens with zero attached hydrogens (tertiary/aromatic N) is 2. The van der Waals surface area contributed by atoms with Crippen LogP contribution in [0.1, 0.15) is 44.9 Å². The van der Waals surface area contributed by atoms with Crippen molar-refractivity contribution in [3.05, 3.63) is 263 Å². The number of para-hydroxylation sites is 2. The van der Waals surface area contributed by atoms with Crippen molar-refractivity contribution in [2.45, 2.75) is 11.3 Å². The van der Waals surface area contributed by atoms with E-state index < -0.39 is 0 Å². The van der Waals surface area contributed by atoms with Gasteiger partial charge in [0.1, 0.15) is 0 Å². The standard InChI is InChI=1S/C64H38N2/c1-3-14-40-34-44(28-24-38(40)12-1)65-56-22-9-6-16-48(56)52-36-42(26-32-58(52)65)46-30-31-47(63-61(46)60-50-18-5-8-20-54(50)64(63)55-21-11-19-51(60)62(55)64)43-27-33-59-53(37-43)49-17-7-10-23-57(49)66(59)45-29-25-39-13-2-4-15-41(39)35-45/h1-37,60H. The molecule has 2 atom stereocenters. The van der Waals surface area contributed by atoms with E-state index in [-0.39, 0.29) is 11.3 Å². The molecule has 0 aliphatic heterocycles. The van der Waals surface area contributed by atoms with Crippen molar-refractivity contribution < 1.29 is 0 Å². The maximum Gasteiger partial charge on any atom is 0.0723 e. The normalized spacial score (nSPS) is 16.4. The lowest BCUT2D eigenvalue weighted by Crippen LogP contribution is -2.31. The lowest BCUT2D eigenvalue weighted by molar-refractivity contribution is 0.745. The molecule has 0 saturated carbocycles. The highest BCUT2D eigenvalue weighted by atomic mass is 15.0. The summed E-state index contributed by atoms with van der Waals surface area (Å²) in [6, 6.07) is 84.7. The zero-order valence-electron chi connectivity index (χ0n) is 35.8. The second-order valence-corrected chi connectivity index (χ2v) is 18.7. The van der Waals surface area contributed by atoms with Gasteiger partial charge in [-0.05, 0) is 143 Å². The van der Waals surface area contributed by atoms with Gasteiger partial charge in [0, 0.05) is 38.8 Å². The molecule has 2 heterocycles. The number of fused-ring (bicyclic) bond motifs is 8. The molecule has 4 aliphatic carbocycles. The number of benzene rings is 11. The molecule has 2 unspecified atom stereocenters. The Hall–Kier alpha value is -8.46. The van der Waals surface area contributed by atoms with Gasteiger partial charge in [0.25, 0.3) is 0 Å². The molecule has 66 heavy (non-hydrogen) atoms. The maximum atomic E-state index is 2.48. The third kappa shape index (κ3) is 4.32. The highest BCUT2D eigenvalue weighted by Crippen LogP contribution is 2.73. The Bertz CT molecular complexity index is 4310. The van der Waals surface area contributed by atoms with Crippen LogP contribution in [0.2, 0.25) is 0 Å². The average molecular weight is 835 g/mol. The van der Waals surface area contributed by atoms with Crippen LogP contribution in [0, 0.1) is 0 Å². The molecule has 13 aromatic rings. The van der Waals surface area contributed by atoms with Crippen LogP contribution in [0.15, 0.2) is 224 Å². The van der Waals surface area contributed by atoms with Crippen LogP contribution < -0.4 is 0 Å². The van der Waals surface area contributed by atoms with E-state index in [2.05, 4.69) is 234 Å². The van der Waals surface area contributed by atoms with Crippen molar-refractivity contribution in [2.75, 3.05) is 0 Å². The van der Waals surface area contributed by atoms with Crippen LogP contribution >= 0.6 is 0 Å². The number of aromatic nitrogens is 2. The minimum Gasteiger partial charge on any atom is -0.309 e. The molecule has 2 aromatic heterocycles. The van der Waals surface area contributed by atoms with Gasteiger partial charge >= 0.3 is 0 Å². The van der Waals surface area contributed by atoms with Crippen molar-refractivity contribution in [1.29, 1.82) is 0 Å². The van der Waals surface area contributed by atoms with E-state index in [9.17, 15) is 0 Å². The molecule has 0 radical (unpaired) electrons. The summed E-state index contributed by atoms with van der Waals surface area (Å²) >= 11 is 0. The molecule has 304 valence electrons. The van der Waals surface area contributed by atoms with Gasteiger partial charge in [-0.3, -0.25) is 0 Å². The quantitative estimate of drug-likeness (QED) is 0.167. The predicted molar refractivity (Wildman–Crippen MR) is 274 cm³/mol. The van der Waals surface area contributed by atoms with Crippen LogP contribution in [-0.4, -0.2) is 9.13 Å². The molecule has 0 amide bonds. The Labute approximate surface area is 380 Å². The van der Waals surface area contributed by atoms with E-state index in [0.717, 1.165) is 0 Å². The molecule has 0 N–H and O–H groups in total. The summed E-state index contributed by atoms with van der Waals surface area (Å²) in [5.41, 5.74) is 22.4. The molecular weight excluding hydrogens is 797 g/mol. The van der Waals surface area contributed by atoms with Crippen molar-refractivity contribution >= 4 is 65.2 Å². The van der Waals surface area contributed by atoms with Gasteiger partial charge in [-0.2, -0.15) is 0 Å². The van der Waals surface area contributed by atoms with Crippen molar-refractivity contribution in [3.8, 4) is 33.6 Å². The van der Waals surface area contributed by atoms with Crippen LogP contribution in [0.25, 0.3) is 98.8 Å². The largest absolute Gasteiger partial charge is 0.309 e. The van der Waals surface area contributed by atoms with Gasteiger partial charge in [-0.15, -0.1) is 0 Å². The summed E-state index contributed by atoms with van der Waals surface area (Å²) in [7, 11) is 0. The van der Waals surface area contributed by atoms with E-state index >= 15 is 0 Å². The molecule has 17 rings (SSSR count). The SMILES string of the molecule is c1ccc2c(c1)C1c3cccc4c3C24c2c(-c3ccc4c(c3)c3ccccc3n4-c3ccc4ccccc4c3)ccc(-c3ccc4c(c3)c3ccccc3n4-c3ccc4ccccc4c3)c21. The van der Waals surface area contributed by atoms with Crippen LogP contribution in [0.5, 0.6) is 0 Å². The molecule has 2 heteroatoms. The minimum atomic E-state index is -0.269. The van der Waals surface area contributed by atoms with E-state index in [1.165, 1.54) is 138 Å². The van der Waals surface area contributed by atoms with Gasteiger partial charge in [-0.25, -0.2) is 0 Å². The Morgan fingerprint density at radius 2 is 0.818 bits per heavy atom. The monoisotopic (exact) mass is 834 g/mol. The summed E-state index contributed by atoms with van der Waals surface area (Å²) in [5, 5.41) is 10.1. The van der Waals surface area contributed by atoms with Gasteiger partial charge in [0.05, 0.1) is 27.5 Å². The van der Waals surface area contributed by atoms with Crippen LogP contribution in [0.4, 0.5) is 0 Å². The summed E-state index contributed by atoms with van der Waals surface area (Å²) in [5.74, 6) is 0.138. The summed E-state index contributed by atoms with van der Waals surface area (Å²) in [6.45, 7) is 0. The summed E-state index contributed by atoms with van der Waals surface area (Å²) in [6.07, 6.45) is 0. The topological polar surface area (TPSA) is 9.86 Å². The fourth-order valence-electron chi connectivity index (χ4n) is 13.0. The molecule has 0 saturated heterocycles. The molecule has 1 spiro atoms. The average Bonchev–Trinajstić information content (AvgIpc) is 3.78. The van der Waals surface area contributed by atoms with E-state index in [1.54, 1.807) is 0 Å². The van der Waals surface area contributed by atoms with Gasteiger partial charge < -0.3 is 9.13 Å². The third-order valence-electron chi connectivity index (χ3n) is 15.7. The third-order valence-corrected chi connectivity index (χ3v) is 15.7. The van der Waals surface area contributed by atoms with E-state index in [0.29, 0.717) is 0 Å². The molecule has 0 fully saturated rings. The molecule has 2 bridgehead atoms. The molecule has 11 aromatic carbocycles. The highest BCUT2D eigenvalue weighted by Gasteiger charge is 2.64. The maximum absolute atomic E-state index is 2.48. The lowest BCUT2D eigenvalue weighted by atomic mass is 9.59. The van der Waals surface area contributed by atoms with Crippen molar-refractivity contribution in [3.63, 3.8) is 0 Å². The van der Waals surface area contributed by atoms with Gasteiger partial charge in [-0.1, -0.05) is 164 Å². The van der Waals surface area contributed by atoms with E-state index in [1.807, 2.05) is 0 Å². The first-order valence-electron chi connectivity index (χ1n) is 23.2. The smallest absolute Gasteiger partial charge is 0.0723 e. The Morgan fingerprint density at radius 3 is 1.47 bits per heavy atom. The summed E-state index contributed by atoms with van der Waals surface area (Å²) in [4.78, 5) is 0. The van der Waals surface area contributed by atoms with Crippen molar-refractivity contribution in [2.24, 2.45) is 0 Å². The minimum absolute atomic E-state index is 0.138. The summed E-state index contributed by atoms with van der Waals surface area (Å²) < 4.78 is 4.90. The first-order chi connectivity index (χ1) is 32.7. The van der Waals surface area contributed by atoms with Gasteiger partial charge in [0.15, 0.2) is 0 Å². The zero-order chi connectivity index (χ0) is 42.8. The van der Waals surface area contributed by atoms with Gasteiger partial charge in [0.2, 0.25) is 0 Å². The first kappa shape index (κ1) is 35.0.